The number of hydrogen-bond acceptors (Lipinski definition) is 3. The van der Waals surface area contributed by atoms with E-state index in [1.54, 1.807) is 30.3 Å². The third kappa shape index (κ3) is 3.29. The highest BCUT2D eigenvalue weighted by molar-refractivity contribution is 6.30. The Labute approximate surface area is 130 Å². The number of urea groups is 1. The number of aromatic nitrogens is 1. The molecule has 6 nitrogen and oxygen atoms in total. The molecule has 0 radical (unpaired) electrons. The van der Waals surface area contributed by atoms with E-state index >= 15 is 0 Å². The first-order valence-electron chi connectivity index (χ1n) is 6.52. The van der Waals surface area contributed by atoms with Crippen molar-refractivity contribution in [3.8, 4) is 0 Å². The Morgan fingerprint density at radius 1 is 1.23 bits per heavy atom. The number of halogens is 1. The third-order valence-electron chi connectivity index (χ3n) is 3.02. The molecule has 0 aliphatic heterocycles. The van der Waals surface area contributed by atoms with Crippen LogP contribution in [-0.4, -0.2) is 11.0 Å². The van der Waals surface area contributed by atoms with Gasteiger partial charge in [0.2, 0.25) is 0 Å². The number of carbonyl (C=O) groups excluding carboxylic acids is 1. The van der Waals surface area contributed by atoms with Crippen molar-refractivity contribution in [2.45, 2.75) is 6.54 Å². The molecule has 0 spiro atoms. The second-order valence-corrected chi connectivity index (χ2v) is 5.10. The number of carbonyl (C=O) groups is 1. The Balaban J connectivity index is 1.64. The molecule has 0 saturated heterocycles. The highest BCUT2D eigenvalue weighted by Crippen LogP contribution is 2.16. The van der Waals surface area contributed by atoms with Gasteiger partial charge in [0.25, 0.3) is 0 Å². The molecule has 0 saturated carbocycles. The lowest BCUT2D eigenvalue weighted by Gasteiger charge is -2.08. The summed E-state index contributed by atoms with van der Waals surface area (Å²) in [6, 6.07) is 11.8. The van der Waals surface area contributed by atoms with E-state index in [1.807, 2.05) is 12.1 Å². The minimum Gasteiger partial charge on any atom is -0.408 e. The predicted molar refractivity (Wildman–Crippen MR) is 84.1 cm³/mol. The van der Waals surface area contributed by atoms with Gasteiger partial charge < -0.3 is 15.1 Å². The lowest BCUT2D eigenvalue weighted by atomic mass is 10.2. The Kier molecular flexibility index (Phi) is 3.84. The van der Waals surface area contributed by atoms with Gasteiger partial charge in [-0.3, -0.25) is 4.98 Å². The maximum absolute atomic E-state index is 11.9. The number of oxazole rings is 1. The summed E-state index contributed by atoms with van der Waals surface area (Å²) in [6.07, 6.45) is 0. The molecule has 0 atom stereocenters. The average Bonchev–Trinajstić information content (AvgIpc) is 2.84. The van der Waals surface area contributed by atoms with Gasteiger partial charge in [0, 0.05) is 17.3 Å². The zero-order chi connectivity index (χ0) is 15.5. The Bertz CT molecular complexity index is 885. The quantitative estimate of drug-likeness (QED) is 0.693. The molecule has 3 aromatic rings. The number of H-pyrrole nitrogens is 1. The smallest absolute Gasteiger partial charge is 0.408 e. The van der Waals surface area contributed by atoms with Crippen LogP contribution in [0.25, 0.3) is 11.1 Å². The first-order chi connectivity index (χ1) is 10.6. The van der Waals surface area contributed by atoms with Crippen LogP contribution in [0.4, 0.5) is 10.5 Å². The standard InChI is InChI=1S/C15H12ClN3O3/c16-10-3-1-2-9(6-10)8-17-14(20)18-11-4-5-13-12(7-11)19-15(21)22-13/h1-7H,8H2,(H,19,21)(H2,17,18,20). The topological polar surface area (TPSA) is 87.1 Å². The van der Waals surface area contributed by atoms with Crippen molar-refractivity contribution in [3.05, 3.63) is 63.6 Å². The number of hydrogen-bond donors (Lipinski definition) is 3. The van der Waals surface area contributed by atoms with E-state index in [9.17, 15) is 9.59 Å². The highest BCUT2D eigenvalue weighted by Gasteiger charge is 2.05. The maximum Gasteiger partial charge on any atom is 0.417 e. The summed E-state index contributed by atoms with van der Waals surface area (Å²) < 4.78 is 4.89. The first kappa shape index (κ1) is 14.2. The van der Waals surface area contributed by atoms with E-state index in [0.717, 1.165) is 5.56 Å². The van der Waals surface area contributed by atoms with Crippen LogP contribution in [0.5, 0.6) is 0 Å². The number of anilines is 1. The van der Waals surface area contributed by atoms with Crippen LogP contribution >= 0.6 is 11.6 Å². The molecule has 0 bridgehead atoms. The minimum absolute atomic E-state index is 0.356. The molecule has 0 aliphatic rings. The van der Waals surface area contributed by atoms with Gasteiger partial charge in [-0.2, -0.15) is 0 Å². The van der Waals surface area contributed by atoms with Gasteiger partial charge in [0.05, 0.1) is 5.52 Å². The van der Waals surface area contributed by atoms with Crippen molar-refractivity contribution < 1.29 is 9.21 Å². The molecule has 3 N–H and O–H groups in total. The van der Waals surface area contributed by atoms with Crippen LogP contribution in [0.2, 0.25) is 5.02 Å². The summed E-state index contributed by atoms with van der Waals surface area (Å²) in [6.45, 7) is 0.358. The first-order valence-corrected chi connectivity index (χ1v) is 6.90. The van der Waals surface area contributed by atoms with Crippen LogP contribution in [-0.2, 0) is 6.54 Å². The lowest BCUT2D eigenvalue weighted by molar-refractivity contribution is 0.251. The summed E-state index contributed by atoms with van der Waals surface area (Å²) in [5.41, 5.74) is 2.41. The summed E-state index contributed by atoms with van der Waals surface area (Å²) in [7, 11) is 0. The van der Waals surface area contributed by atoms with Crippen molar-refractivity contribution in [1.82, 2.24) is 10.3 Å². The fraction of sp³-hybridized carbons (Fsp3) is 0.0667. The Morgan fingerprint density at radius 2 is 2.09 bits per heavy atom. The third-order valence-corrected chi connectivity index (χ3v) is 3.25. The molecule has 0 unspecified atom stereocenters. The number of rotatable bonds is 3. The Hall–Kier alpha value is -2.73. The normalized spacial score (nSPS) is 10.6. The molecule has 7 heteroatoms. The zero-order valence-electron chi connectivity index (χ0n) is 11.4. The van der Waals surface area contributed by atoms with E-state index < -0.39 is 5.76 Å². The van der Waals surface area contributed by atoms with Crippen molar-refractivity contribution in [3.63, 3.8) is 0 Å². The number of nitrogens with one attached hydrogen (secondary N) is 3. The second-order valence-electron chi connectivity index (χ2n) is 4.66. The van der Waals surface area contributed by atoms with Gasteiger partial charge in [-0.1, -0.05) is 23.7 Å². The number of amides is 2. The number of benzene rings is 2. The molecule has 112 valence electrons. The highest BCUT2D eigenvalue weighted by atomic mass is 35.5. The molecule has 22 heavy (non-hydrogen) atoms. The fourth-order valence-corrected chi connectivity index (χ4v) is 2.25. The second kappa shape index (κ2) is 5.95. The molecule has 2 amide bonds. The molecular weight excluding hydrogens is 306 g/mol. The summed E-state index contributed by atoms with van der Waals surface area (Å²) >= 11 is 5.88. The molecular formula is C15H12ClN3O3. The van der Waals surface area contributed by atoms with Crippen LogP contribution in [0, 0.1) is 0 Å². The van der Waals surface area contributed by atoms with Gasteiger partial charge in [0.1, 0.15) is 0 Å². The zero-order valence-corrected chi connectivity index (χ0v) is 12.1. The summed E-state index contributed by atoms with van der Waals surface area (Å²) in [5, 5.41) is 6.02. The molecule has 3 rings (SSSR count). The van der Waals surface area contributed by atoms with Crippen molar-refractivity contribution in [2.75, 3.05) is 5.32 Å². The lowest BCUT2D eigenvalue weighted by Crippen LogP contribution is -2.28. The van der Waals surface area contributed by atoms with E-state index in [2.05, 4.69) is 15.6 Å². The van der Waals surface area contributed by atoms with Crippen molar-refractivity contribution in [2.24, 2.45) is 0 Å². The van der Waals surface area contributed by atoms with Gasteiger partial charge in [-0.05, 0) is 35.9 Å². The van der Waals surface area contributed by atoms with E-state index in [-0.39, 0.29) is 6.03 Å². The maximum atomic E-state index is 11.9. The Morgan fingerprint density at radius 3 is 2.91 bits per heavy atom. The van der Waals surface area contributed by atoms with Crippen LogP contribution in [0.3, 0.4) is 0 Å². The average molecular weight is 318 g/mol. The molecule has 0 fully saturated rings. The van der Waals surface area contributed by atoms with Crippen LogP contribution in [0.15, 0.2) is 51.7 Å². The van der Waals surface area contributed by atoms with Gasteiger partial charge in [-0.25, -0.2) is 9.59 Å². The van der Waals surface area contributed by atoms with Gasteiger partial charge >= 0.3 is 11.8 Å². The predicted octanol–water partition coefficient (Wildman–Crippen LogP) is 3.10. The molecule has 2 aromatic carbocycles. The number of fused-ring (bicyclic) bond motifs is 1. The van der Waals surface area contributed by atoms with Gasteiger partial charge in [0.15, 0.2) is 5.58 Å². The van der Waals surface area contributed by atoms with Crippen molar-refractivity contribution >= 4 is 34.4 Å². The summed E-state index contributed by atoms with van der Waals surface area (Å²) in [4.78, 5) is 25.5. The minimum atomic E-state index is -0.530. The van der Waals surface area contributed by atoms with Gasteiger partial charge in [-0.15, -0.1) is 0 Å². The van der Waals surface area contributed by atoms with Crippen LogP contribution < -0.4 is 16.4 Å². The van der Waals surface area contributed by atoms with E-state index in [4.69, 9.17) is 16.0 Å². The number of aromatic amines is 1. The molecule has 0 aliphatic carbocycles. The van der Waals surface area contributed by atoms with E-state index in [0.29, 0.717) is 28.4 Å². The largest absolute Gasteiger partial charge is 0.417 e. The van der Waals surface area contributed by atoms with Crippen LogP contribution in [0.1, 0.15) is 5.56 Å². The van der Waals surface area contributed by atoms with E-state index in [1.165, 1.54) is 0 Å². The van der Waals surface area contributed by atoms with Crippen molar-refractivity contribution in [1.29, 1.82) is 0 Å². The fourth-order valence-electron chi connectivity index (χ4n) is 2.03. The monoisotopic (exact) mass is 317 g/mol. The summed E-state index contributed by atoms with van der Waals surface area (Å²) in [5.74, 6) is -0.530. The molecule has 1 aromatic heterocycles. The SMILES string of the molecule is O=C(NCc1cccc(Cl)c1)Nc1ccc2oc(=O)[nH]c2c1. The molecule has 1 heterocycles.